The van der Waals surface area contributed by atoms with Crippen molar-refractivity contribution in [2.24, 2.45) is 0 Å². The molecule has 1 aromatic carbocycles. The number of rotatable bonds is 2. The van der Waals surface area contributed by atoms with E-state index in [1.54, 1.807) is 35.0 Å². The van der Waals surface area contributed by atoms with Crippen molar-refractivity contribution < 1.29 is 4.39 Å². The fourth-order valence-electron chi connectivity index (χ4n) is 2.29. The third-order valence-electron chi connectivity index (χ3n) is 3.41. The van der Waals surface area contributed by atoms with Crippen molar-refractivity contribution in [1.82, 2.24) is 9.55 Å². The van der Waals surface area contributed by atoms with E-state index in [4.69, 9.17) is 11.6 Å². The average molecular weight is 303 g/mol. The van der Waals surface area contributed by atoms with Gasteiger partial charge in [0.15, 0.2) is 0 Å². The second-order valence-corrected chi connectivity index (χ2v) is 5.12. The summed E-state index contributed by atoms with van der Waals surface area (Å²) in [6.45, 7) is 2.42. The first kappa shape index (κ1) is 13.8. The number of pyridine rings is 2. The molecule has 0 aliphatic rings. The Hall–Kier alpha value is -2.20. The molecule has 3 aromatic rings. The molecule has 5 heteroatoms. The van der Waals surface area contributed by atoms with Gasteiger partial charge in [0.1, 0.15) is 5.82 Å². The molecular formula is C16H12ClFN2O. The molecule has 3 rings (SSSR count). The normalized spacial score (nSPS) is 11.0. The van der Waals surface area contributed by atoms with Gasteiger partial charge in [0.05, 0.1) is 16.1 Å². The Kier molecular flexibility index (Phi) is 3.47. The van der Waals surface area contributed by atoms with Gasteiger partial charge in [-0.15, -0.1) is 0 Å². The van der Waals surface area contributed by atoms with Crippen LogP contribution in [0.15, 0.2) is 47.5 Å². The summed E-state index contributed by atoms with van der Waals surface area (Å²) in [6.07, 6.45) is 3.18. The molecule has 0 saturated carbocycles. The van der Waals surface area contributed by atoms with Crippen molar-refractivity contribution >= 4 is 22.4 Å². The lowest BCUT2D eigenvalue weighted by atomic mass is 10.1. The second-order valence-electron chi connectivity index (χ2n) is 4.69. The second kappa shape index (κ2) is 5.30. The summed E-state index contributed by atoms with van der Waals surface area (Å²) in [4.78, 5) is 16.3. The minimum absolute atomic E-state index is 0.190. The van der Waals surface area contributed by atoms with Crippen LogP contribution in [0.4, 0.5) is 4.39 Å². The van der Waals surface area contributed by atoms with E-state index in [9.17, 15) is 9.18 Å². The minimum atomic E-state index is -0.469. The zero-order valence-electron chi connectivity index (χ0n) is 11.3. The molecule has 0 aliphatic carbocycles. The van der Waals surface area contributed by atoms with E-state index in [0.717, 1.165) is 0 Å². The fourth-order valence-corrected chi connectivity index (χ4v) is 2.40. The molecule has 0 saturated heterocycles. The zero-order chi connectivity index (χ0) is 15.0. The molecule has 106 valence electrons. The van der Waals surface area contributed by atoms with Gasteiger partial charge < -0.3 is 4.57 Å². The SMILES string of the molecule is CCn1ccc2cc(-c3ccc(Cl)cn3)c(F)cc2c1=O. The summed E-state index contributed by atoms with van der Waals surface area (Å²) >= 11 is 5.79. The number of fused-ring (bicyclic) bond motifs is 1. The van der Waals surface area contributed by atoms with E-state index in [-0.39, 0.29) is 5.56 Å². The Labute approximate surface area is 125 Å². The molecule has 0 spiro atoms. The van der Waals surface area contributed by atoms with E-state index in [1.165, 1.54) is 12.3 Å². The van der Waals surface area contributed by atoms with E-state index in [0.29, 0.717) is 33.6 Å². The molecule has 0 N–H and O–H groups in total. The van der Waals surface area contributed by atoms with E-state index < -0.39 is 5.82 Å². The van der Waals surface area contributed by atoms with Crippen LogP contribution < -0.4 is 5.56 Å². The molecular weight excluding hydrogens is 291 g/mol. The van der Waals surface area contributed by atoms with Crippen LogP contribution in [0.1, 0.15) is 6.92 Å². The number of benzene rings is 1. The summed E-state index contributed by atoms with van der Waals surface area (Å²) in [5, 5.41) is 1.55. The molecule has 0 bridgehead atoms. The summed E-state index contributed by atoms with van der Waals surface area (Å²) < 4.78 is 15.8. The van der Waals surface area contributed by atoms with Gasteiger partial charge in [-0.05, 0) is 42.6 Å². The smallest absolute Gasteiger partial charge is 0.258 e. The van der Waals surface area contributed by atoms with Gasteiger partial charge in [-0.3, -0.25) is 9.78 Å². The molecule has 21 heavy (non-hydrogen) atoms. The molecule has 0 radical (unpaired) electrons. The van der Waals surface area contributed by atoms with Crippen LogP contribution in [-0.4, -0.2) is 9.55 Å². The highest BCUT2D eigenvalue weighted by molar-refractivity contribution is 6.30. The molecule has 2 heterocycles. The first-order valence-corrected chi connectivity index (χ1v) is 6.92. The Balaban J connectivity index is 2.25. The van der Waals surface area contributed by atoms with Gasteiger partial charge in [-0.2, -0.15) is 0 Å². The Morgan fingerprint density at radius 2 is 2.10 bits per heavy atom. The van der Waals surface area contributed by atoms with Crippen molar-refractivity contribution in [2.75, 3.05) is 0 Å². The maximum atomic E-state index is 14.3. The molecule has 2 aromatic heterocycles. The Morgan fingerprint density at radius 1 is 1.29 bits per heavy atom. The lowest BCUT2D eigenvalue weighted by molar-refractivity contribution is 0.632. The lowest BCUT2D eigenvalue weighted by Crippen LogP contribution is -2.18. The largest absolute Gasteiger partial charge is 0.315 e. The molecule has 0 fully saturated rings. The Morgan fingerprint density at radius 3 is 2.76 bits per heavy atom. The summed E-state index contributed by atoms with van der Waals surface area (Å²) in [6, 6.07) is 8.03. The number of halogens is 2. The molecule has 0 unspecified atom stereocenters. The molecule has 3 nitrogen and oxygen atoms in total. The van der Waals surface area contributed by atoms with Crippen molar-refractivity contribution in [3.8, 4) is 11.3 Å². The number of hydrogen-bond acceptors (Lipinski definition) is 2. The average Bonchev–Trinajstić information content (AvgIpc) is 2.49. The van der Waals surface area contributed by atoms with E-state index >= 15 is 0 Å². The van der Waals surface area contributed by atoms with Crippen molar-refractivity contribution in [3.05, 3.63) is 63.9 Å². The quantitative estimate of drug-likeness (QED) is 0.720. The maximum Gasteiger partial charge on any atom is 0.258 e. The standard InChI is InChI=1S/C16H12ClFN2O/c1-2-20-6-5-10-7-13(14(18)8-12(10)16(20)21)15-4-3-11(17)9-19-15/h3-9H,2H2,1H3. The van der Waals surface area contributed by atoms with Crippen molar-refractivity contribution in [1.29, 1.82) is 0 Å². The molecule has 0 aliphatic heterocycles. The third-order valence-corrected chi connectivity index (χ3v) is 3.63. The zero-order valence-corrected chi connectivity index (χ0v) is 12.1. The van der Waals surface area contributed by atoms with Gasteiger partial charge in [0.25, 0.3) is 5.56 Å². The van der Waals surface area contributed by atoms with Crippen LogP contribution in [-0.2, 0) is 6.54 Å². The number of nitrogens with zero attached hydrogens (tertiary/aromatic N) is 2. The highest BCUT2D eigenvalue weighted by Crippen LogP contribution is 2.25. The Bertz CT molecular complexity index is 872. The molecule has 0 amide bonds. The van der Waals surface area contributed by atoms with Crippen LogP contribution in [0, 0.1) is 5.82 Å². The number of aromatic nitrogens is 2. The predicted molar refractivity (Wildman–Crippen MR) is 82.1 cm³/mol. The first-order chi connectivity index (χ1) is 10.1. The van der Waals surface area contributed by atoms with Crippen molar-refractivity contribution in [3.63, 3.8) is 0 Å². The van der Waals surface area contributed by atoms with Crippen LogP contribution in [0.3, 0.4) is 0 Å². The topological polar surface area (TPSA) is 34.9 Å². The minimum Gasteiger partial charge on any atom is -0.315 e. The van der Waals surface area contributed by atoms with Gasteiger partial charge in [-0.1, -0.05) is 11.6 Å². The van der Waals surface area contributed by atoms with Gasteiger partial charge in [-0.25, -0.2) is 4.39 Å². The monoisotopic (exact) mass is 302 g/mol. The predicted octanol–water partition coefficient (Wildman–Crippen LogP) is 3.88. The maximum absolute atomic E-state index is 14.3. The fraction of sp³-hybridized carbons (Fsp3) is 0.125. The molecule has 0 atom stereocenters. The van der Waals surface area contributed by atoms with Crippen LogP contribution in [0.2, 0.25) is 5.02 Å². The third kappa shape index (κ3) is 2.43. The number of aryl methyl sites for hydroxylation is 1. The van der Waals surface area contributed by atoms with Crippen LogP contribution in [0.25, 0.3) is 22.0 Å². The van der Waals surface area contributed by atoms with E-state index in [2.05, 4.69) is 4.98 Å². The van der Waals surface area contributed by atoms with E-state index in [1.807, 2.05) is 6.92 Å². The van der Waals surface area contributed by atoms with Crippen LogP contribution >= 0.6 is 11.6 Å². The van der Waals surface area contributed by atoms with Gasteiger partial charge in [0, 0.05) is 24.5 Å². The highest BCUT2D eigenvalue weighted by atomic mass is 35.5. The lowest BCUT2D eigenvalue weighted by Gasteiger charge is -2.07. The number of hydrogen-bond donors (Lipinski definition) is 0. The first-order valence-electron chi connectivity index (χ1n) is 6.55. The van der Waals surface area contributed by atoms with Crippen LogP contribution in [0.5, 0.6) is 0 Å². The summed E-state index contributed by atoms with van der Waals surface area (Å²) in [5.41, 5.74) is 0.649. The summed E-state index contributed by atoms with van der Waals surface area (Å²) in [7, 11) is 0. The van der Waals surface area contributed by atoms with Gasteiger partial charge in [0.2, 0.25) is 0 Å². The van der Waals surface area contributed by atoms with Crippen molar-refractivity contribution in [2.45, 2.75) is 13.5 Å². The highest BCUT2D eigenvalue weighted by Gasteiger charge is 2.11. The summed E-state index contributed by atoms with van der Waals surface area (Å²) in [5.74, 6) is -0.469. The van der Waals surface area contributed by atoms with Gasteiger partial charge >= 0.3 is 0 Å².